The Bertz CT molecular complexity index is 735. The van der Waals surface area contributed by atoms with E-state index in [1.54, 1.807) is 12.5 Å². The van der Waals surface area contributed by atoms with Gasteiger partial charge in [0, 0.05) is 39.5 Å². The third-order valence-electron chi connectivity index (χ3n) is 5.55. The lowest BCUT2D eigenvalue weighted by Gasteiger charge is -2.31. The number of ketones is 1. The summed E-state index contributed by atoms with van der Waals surface area (Å²) in [5.41, 5.74) is 2.71. The van der Waals surface area contributed by atoms with Crippen molar-refractivity contribution >= 4 is 12.1 Å². The van der Waals surface area contributed by atoms with Crippen LogP contribution < -0.4 is 5.32 Å². The number of Topliss-reactive ketones (excluding diaryl/α,β-unsaturated/α-hetero) is 1. The Morgan fingerprint density at radius 1 is 1.52 bits per heavy atom. The van der Waals surface area contributed by atoms with Crippen molar-refractivity contribution in [1.82, 2.24) is 15.1 Å². The third kappa shape index (κ3) is 6.57. The number of nitrogens with zero attached hydrogens (tertiary/aromatic N) is 3. The van der Waals surface area contributed by atoms with Crippen molar-refractivity contribution < 1.29 is 6.22 Å². The van der Waals surface area contributed by atoms with E-state index in [0.29, 0.717) is 5.92 Å². The zero-order chi connectivity index (χ0) is 21.2. The predicted molar refractivity (Wildman–Crippen MR) is 125 cm³/mol. The second-order valence-corrected chi connectivity index (χ2v) is 7.85. The summed E-state index contributed by atoms with van der Waals surface area (Å²) in [5.74, 6) is 0.767. The molecule has 0 bridgehead atoms. The van der Waals surface area contributed by atoms with E-state index in [9.17, 15) is 4.79 Å². The molecule has 29 heavy (non-hydrogen) atoms. The highest BCUT2D eigenvalue weighted by Crippen LogP contribution is 2.23. The van der Waals surface area contributed by atoms with Crippen LogP contribution in [0.5, 0.6) is 0 Å². The number of hydrogen-bond acceptors (Lipinski definition) is 5. The molecule has 0 fully saturated rings. The molecule has 0 aromatic heterocycles. The lowest BCUT2D eigenvalue weighted by Crippen LogP contribution is -2.48. The van der Waals surface area contributed by atoms with E-state index in [0.717, 1.165) is 49.2 Å². The molecule has 0 radical (unpaired) electrons. The molecular weight excluding hydrogens is 360 g/mol. The smallest absolute Gasteiger partial charge is 0.191 e. The topological polar surface area (TPSA) is 47.9 Å². The van der Waals surface area contributed by atoms with E-state index in [-0.39, 0.29) is 13.4 Å². The first kappa shape index (κ1) is 22.9. The Balaban J connectivity index is 0.00000450. The number of rotatable bonds is 11. The Morgan fingerprint density at radius 2 is 2.31 bits per heavy atom. The Morgan fingerprint density at radius 3 is 3.00 bits per heavy atom. The van der Waals surface area contributed by atoms with Gasteiger partial charge in [0.2, 0.25) is 0 Å². The van der Waals surface area contributed by atoms with Crippen molar-refractivity contribution in [3.8, 4) is 0 Å². The number of hydrogen-bond donors (Lipinski definition) is 1. The fourth-order valence-corrected chi connectivity index (χ4v) is 3.42. The molecule has 5 nitrogen and oxygen atoms in total. The molecular formula is C24H38N4O. The number of carbonyl (C=O) groups is 1. The second-order valence-electron chi connectivity index (χ2n) is 7.85. The zero-order valence-electron chi connectivity index (χ0n) is 18.4. The largest absolute Gasteiger partial charge is 0.372 e. The van der Waals surface area contributed by atoms with Crippen LogP contribution >= 0.6 is 0 Å². The minimum Gasteiger partial charge on any atom is -0.372 e. The maximum atomic E-state index is 13.2. The van der Waals surface area contributed by atoms with E-state index in [4.69, 9.17) is 0 Å². The van der Waals surface area contributed by atoms with Crippen LogP contribution in [0.1, 0.15) is 41.5 Å². The van der Waals surface area contributed by atoms with Gasteiger partial charge in [0.05, 0.1) is 11.9 Å². The monoisotopic (exact) mass is 398 g/mol. The minimum absolute atomic E-state index is 0. The molecule has 0 aliphatic carbocycles. The molecule has 160 valence electrons. The summed E-state index contributed by atoms with van der Waals surface area (Å²) >= 11 is 0. The summed E-state index contributed by atoms with van der Waals surface area (Å²) in [7, 11) is 1.96. The van der Waals surface area contributed by atoms with Gasteiger partial charge in [-0.05, 0) is 37.8 Å². The first-order valence-electron chi connectivity index (χ1n) is 10.6. The van der Waals surface area contributed by atoms with Gasteiger partial charge in [-0.3, -0.25) is 10.1 Å². The Kier molecular flexibility index (Phi) is 9.13. The number of likely N-dealkylation sites (N-methyl/N-ethyl adjacent to an activating group) is 1. The third-order valence-corrected chi connectivity index (χ3v) is 5.55. The van der Waals surface area contributed by atoms with Crippen LogP contribution in [0.25, 0.3) is 0 Å². The second kappa shape index (κ2) is 11.6. The first-order valence-corrected chi connectivity index (χ1v) is 10.6. The number of allylic oxidation sites excluding steroid dienone is 3. The average molecular weight is 399 g/mol. The van der Waals surface area contributed by atoms with Gasteiger partial charge in [-0.25, -0.2) is 4.99 Å². The molecule has 2 atom stereocenters. The highest BCUT2D eigenvalue weighted by molar-refractivity contribution is 6.09. The van der Waals surface area contributed by atoms with Crippen molar-refractivity contribution in [3.63, 3.8) is 0 Å². The van der Waals surface area contributed by atoms with E-state index < -0.39 is 0 Å². The van der Waals surface area contributed by atoms with E-state index in [1.807, 2.05) is 43.3 Å². The van der Waals surface area contributed by atoms with E-state index >= 15 is 0 Å². The quantitative estimate of drug-likeness (QED) is 0.528. The summed E-state index contributed by atoms with van der Waals surface area (Å²) < 4.78 is 0. The molecule has 0 amide bonds. The molecule has 2 heterocycles. The molecule has 2 rings (SSSR count). The van der Waals surface area contributed by atoms with Crippen LogP contribution in [-0.2, 0) is 4.79 Å². The zero-order valence-corrected chi connectivity index (χ0v) is 18.4. The highest BCUT2D eigenvalue weighted by atomic mass is 16.1. The van der Waals surface area contributed by atoms with Crippen molar-refractivity contribution in [2.24, 2.45) is 10.9 Å². The summed E-state index contributed by atoms with van der Waals surface area (Å²) in [6, 6.07) is 0. The van der Waals surface area contributed by atoms with Gasteiger partial charge in [-0.2, -0.15) is 0 Å². The van der Waals surface area contributed by atoms with Gasteiger partial charge in [-0.15, -0.1) is 0 Å². The van der Waals surface area contributed by atoms with Gasteiger partial charge in [0.15, 0.2) is 5.78 Å². The molecule has 2 unspecified atom stereocenters. The molecule has 2 aliphatic rings. The Labute approximate surface area is 177 Å². The van der Waals surface area contributed by atoms with Crippen molar-refractivity contribution in [2.75, 3.05) is 26.7 Å². The van der Waals surface area contributed by atoms with Gasteiger partial charge in [-0.1, -0.05) is 51.2 Å². The van der Waals surface area contributed by atoms with Crippen LogP contribution in [0, 0.1) is 5.92 Å². The van der Waals surface area contributed by atoms with Crippen LogP contribution in [0.3, 0.4) is 0 Å². The number of carbonyl (C=O) groups excluding carboxylic acids is 1. The standard InChI is InChI=1S/C24H36N4O.H2/c1-6-9-10-20(8-3)16-28-14-12-21(17-28)23(29)22-15-25-18-27(5)24(22)26-13-11-19(4)7-2;/h6,8-10,15,17-19,24,26H,3,7,11-14,16H2,1-2,4-5H3;1H/b9-6-,20-10+;. The van der Waals surface area contributed by atoms with Gasteiger partial charge in [0.1, 0.15) is 6.17 Å². The van der Waals surface area contributed by atoms with Crippen molar-refractivity contribution in [1.29, 1.82) is 0 Å². The van der Waals surface area contributed by atoms with Crippen LogP contribution in [0.4, 0.5) is 0 Å². The number of aliphatic imine (C=N–C) groups is 1. The highest BCUT2D eigenvalue weighted by Gasteiger charge is 2.29. The van der Waals surface area contributed by atoms with Crippen molar-refractivity contribution in [3.05, 3.63) is 60.0 Å². The van der Waals surface area contributed by atoms with Gasteiger partial charge in [0.25, 0.3) is 0 Å². The van der Waals surface area contributed by atoms with Crippen LogP contribution in [-0.4, -0.2) is 54.8 Å². The predicted octanol–water partition coefficient (Wildman–Crippen LogP) is 4.29. The first-order chi connectivity index (χ1) is 14.0. The SMILES string of the molecule is C=C/C(=C\C=C/C)CN1C=C(C(=O)C2=CN=CN(C)C2NCCC(C)CC)CC1.[HH]. The maximum absolute atomic E-state index is 13.2. The van der Waals surface area contributed by atoms with Gasteiger partial charge < -0.3 is 9.80 Å². The van der Waals surface area contributed by atoms with E-state index in [2.05, 4.69) is 41.7 Å². The summed E-state index contributed by atoms with van der Waals surface area (Å²) in [6.07, 6.45) is 16.3. The fraction of sp³-hybridized carbons (Fsp3) is 0.500. The molecule has 0 saturated heterocycles. The summed E-state index contributed by atoms with van der Waals surface area (Å²) in [5, 5.41) is 3.54. The lowest BCUT2D eigenvalue weighted by molar-refractivity contribution is -0.113. The molecule has 0 aromatic carbocycles. The molecule has 2 aliphatic heterocycles. The maximum Gasteiger partial charge on any atom is 0.191 e. The minimum atomic E-state index is -0.127. The number of nitrogens with one attached hydrogen (secondary N) is 1. The fourth-order valence-electron chi connectivity index (χ4n) is 3.42. The van der Waals surface area contributed by atoms with Gasteiger partial charge >= 0.3 is 0 Å². The summed E-state index contributed by atoms with van der Waals surface area (Å²) in [6.45, 7) is 12.8. The average Bonchev–Trinajstić information content (AvgIpc) is 3.20. The molecule has 0 aromatic rings. The van der Waals surface area contributed by atoms with Crippen LogP contribution in [0.15, 0.2) is 65.0 Å². The Hall–Kier alpha value is -2.40. The molecule has 0 spiro atoms. The van der Waals surface area contributed by atoms with Crippen molar-refractivity contribution in [2.45, 2.75) is 46.2 Å². The summed E-state index contributed by atoms with van der Waals surface area (Å²) in [4.78, 5) is 21.7. The molecule has 1 N–H and O–H groups in total. The lowest BCUT2D eigenvalue weighted by atomic mass is 9.99. The van der Waals surface area contributed by atoms with Crippen LogP contribution in [0.2, 0.25) is 0 Å². The normalized spacial score (nSPS) is 20.8. The molecule has 0 saturated carbocycles. The van der Waals surface area contributed by atoms with E-state index in [1.165, 1.54) is 6.42 Å². The molecule has 5 heteroatoms.